The molecule has 1 aromatic carbocycles. The number of pyridine rings is 1. The Morgan fingerprint density at radius 3 is 2.52 bits per heavy atom. The lowest BCUT2D eigenvalue weighted by Gasteiger charge is -2.14. The minimum absolute atomic E-state index is 0.00487. The van der Waals surface area contributed by atoms with Crippen LogP contribution < -0.4 is 14.8 Å². The molecule has 0 aliphatic heterocycles. The molecule has 31 heavy (non-hydrogen) atoms. The number of ether oxygens (including phenoxy) is 2. The second-order valence-electron chi connectivity index (χ2n) is 7.04. The normalized spacial score (nSPS) is 11.6. The Bertz CT molecular complexity index is 1090. The van der Waals surface area contributed by atoms with E-state index in [1.807, 2.05) is 20.8 Å². The zero-order chi connectivity index (χ0) is 22.5. The average molecular weight is 441 g/mol. The lowest BCUT2D eigenvalue weighted by atomic mass is 10.1. The molecule has 162 valence electrons. The van der Waals surface area contributed by atoms with Crippen LogP contribution in [-0.4, -0.2) is 34.2 Å². The Morgan fingerprint density at radius 1 is 1.16 bits per heavy atom. The van der Waals surface area contributed by atoms with Crippen LogP contribution in [0.1, 0.15) is 52.9 Å². The molecule has 1 N–H and O–H groups in total. The first kappa shape index (κ1) is 22.4. The highest BCUT2D eigenvalue weighted by molar-refractivity contribution is 7.14. The van der Waals surface area contributed by atoms with E-state index < -0.39 is 17.9 Å². The van der Waals surface area contributed by atoms with Gasteiger partial charge >= 0.3 is 5.97 Å². The van der Waals surface area contributed by atoms with Gasteiger partial charge in [-0.15, -0.1) is 10.2 Å². The van der Waals surface area contributed by atoms with Crippen molar-refractivity contribution in [1.29, 1.82) is 0 Å². The maximum Gasteiger partial charge on any atom is 0.311 e. The van der Waals surface area contributed by atoms with E-state index in [4.69, 9.17) is 9.47 Å². The fraction of sp³-hybridized carbons (Fsp3) is 0.318. The molecule has 1 amide bonds. The third-order valence-electron chi connectivity index (χ3n) is 4.44. The predicted octanol–water partition coefficient (Wildman–Crippen LogP) is 4.03. The maximum absolute atomic E-state index is 12.9. The average Bonchev–Trinajstić information content (AvgIpc) is 3.23. The summed E-state index contributed by atoms with van der Waals surface area (Å²) in [6.45, 7) is 7.54. The largest absolute Gasteiger partial charge is 0.493 e. The van der Waals surface area contributed by atoms with Crippen molar-refractivity contribution in [3.05, 3.63) is 52.3 Å². The number of aromatic nitrogens is 3. The minimum Gasteiger partial charge on any atom is -0.493 e. The van der Waals surface area contributed by atoms with E-state index in [0.29, 0.717) is 5.01 Å². The highest BCUT2D eigenvalue weighted by Crippen LogP contribution is 2.31. The van der Waals surface area contributed by atoms with E-state index in [9.17, 15) is 9.59 Å². The van der Waals surface area contributed by atoms with Gasteiger partial charge in [-0.2, -0.15) is 0 Å². The Hall–Kier alpha value is -3.33. The number of hydrogen-bond acceptors (Lipinski definition) is 8. The van der Waals surface area contributed by atoms with Crippen molar-refractivity contribution in [2.75, 3.05) is 7.11 Å². The van der Waals surface area contributed by atoms with E-state index in [-0.39, 0.29) is 23.6 Å². The molecule has 0 fully saturated rings. The van der Waals surface area contributed by atoms with Crippen LogP contribution in [0.4, 0.5) is 0 Å². The number of esters is 1. The molecule has 0 aliphatic rings. The van der Waals surface area contributed by atoms with Crippen molar-refractivity contribution < 1.29 is 19.1 Å². The van der Waals surface area contributed by atoms with Crippen LogP contribution in [0.5, 0.6) is 11.5 Å². The number of rotatable bonds is 7. The number of aryl methyl sites for hydroxylation is 2. The fourth-order valence-corrected chi connectivity index (χ4v) is 3.82. The number of carbonyl (C=O) groups excluding carboxylic acids is 2. The Morgan fingerprint density at radius 2 is 1.87 bits per heavy atom. The molecule has 2 aromatic heterocycles. The molecule has 9 heteroatoms. The SMILES string of the molecule is CCC(=O)Oc1c(OC)ccnc1C(=O)N[C@@H](C)c1nnc(-c2cc(C)cc(C)c2)s1. The van der Waals surface area contributed by atoms with Gasteiger partial charge in [0.2, 0.25) is 5.75 Å². The van der Waals surface area contributed by atoms with Crippen molar-refractivity contribution in [2.45, 2.75) is 40.2 Å². The lowest BCUT2D eigenvalue weighted by molar-refractivity contribution is -0.134. The summed E-state index contributed by atoms with van der Waals surface area (Å²) in [7, 11) is 1.43. The summed E-state index contributed by atoms with van der Waals surface area (Å²) in [6.07, 6.45) is 1.58. The van der Waals surface area contributed by atoms with Crippen molar-refractivity contribution in [1.82, 2.24) is 20.5 Å². The van der Waals surface area contributed by atoms with Crippen LogP contribution in [0.15, 0.2) is 30.5 Å². The van der Waals surface area contributed by atoms with Crippen molar-refractivity contribution >= 4 is 23.2 Å². The van der Waals surface area contributed by atoms with E-state index in [2.05, 4.69) is 38.7 Å². The first-order valence-electron chi connectivity index (χ1n) is 9.79. The monoisotopic (exact) mass is 440 g/mol. The predicted molar refractivity (Wildman–Crippen MR) is 117 cm³/mol. The highest BCUT2D eigenvalue weighted by atomic mass is 32.1. The third kappa shape index (κ3) is 5.24. The number of amides is 1. The number of hydrogen-bond donors (Lipinski definition) is 1. The van der Waals surface area contributed by atoms with Gasteiger partial charge in [0.05, 0.1) is 13.2 Å². The molecule has 0 radical (unpaired) electrons. The summed E-state index contributed by atoms with van der Waals surface area (Å²) < 4.78 is 10.5. The summed E-state index contributed by atoms with van der Waals surface area (Å²) in [6, 6.07) is 7.30. The summed E-state index contributed by atoms with van der Waals surface area (Å²) in [5, 5.41) is 12.8. The molecule has 0 unspecified atom stereocenters. The van der Waals surface area contributed by atoms with Gasteiger partial charge in [-0.3, -0.25) is 9.59 Å². The summed E-state index contributed by atoms with van der Waals surface area (Å²) in [5.41, 5.74) is 3.24. The zero-order valence-corrected chi connectivity index (χ0v) is 18.9. The maximum atomic E-state index is 12.9. The molecule has 3 aromatic rings. The molecule has 0 aliphatic carbocycles. The van der Waals surface area contributed by atoms with E-state index >= 15 is 0 Å². The molecule has 0 saturated carbocycles. The zero-order valence-electron chi connectivity index (χ0n) is 18.1. The van der Waals surface area contributed by atoms with E-state index in [1.54, 1.807) is 6.92 Å². The number of benzene rings is 1. The van der Waals surface area contributed by atoms with Crippen LogP contribution in [0.25, 0.3) is 10.6 Å². The van der Waals surface area contributed by atoms with Gasteiger partial charge in [-0.1, -0.05) is 35.5 Å². The molecule has 2 heterocycles. The van der Waals surface area contributed by atoms with Crippen LogP contribution in [0.2, 0.25) is 0 Å². The summed E-state index contributed by atoms with van der Waals surface area (Å²) in [5.74, 6) is -0.749. The number of nitrogens with one attached hydrogen (secondary N) is 1. The van der Waals surface area contributed by atoms with Gasteiger partial charge in [0, 0.05) is 24.2 Å². The fourth-order valence-electron chi connectivity index (χ4n) is 2.99. The van der Waals surface area contributed by atoms with Gasteiger partial charge in [-0.05, 0) is 32.9 Å². The summed E-state index contributed by atoms with van der Waals surface area (Å²) in [4.78, 5) is 28.8. The molecule has 0 bridgehead atoms. The van der Waals surface area contributed by atoms with Gasteiger partial charge < -0.3 is 14.8 Å². The summed E-state index contributed by atoms with van der Waals surface area (Å²) >= 11 is 1.41. The van der Waals surface area contributed by atoms with Crippen LogP contribution in [-0.2, 0) is 4.79 Å². The molecular weight excluding hydrogens is 416 g/mol. The van der Waals surface area contributed by atoms with Crippen LogP contribution in [0, 0.1) is 13.8 Å². The van der Waals surface area contributed by atoms with Gasteiger partial charge in [0.15, 0.2) is 11.4 Å². The quantitative estimate of drug-likeness (QED) is 0.553. The standard InChI is InChI=1S/C22H24N4O4S/c1-6-17(27)30-19-16(29-5)7-8-23-18(19)20(28)24-14(4)21-25-26-22(31-21)15-10-12(2)9-13(3)11-15/h7-11,14H,6H2,1-5H3,(H,24,28)/t14-/m0/s1. The first-order valence-corrected chi connectivity index (χ1v) is 10.6. The van der Waals surface area contributed by atoms with Gasteiger partial charge in [0.1, 0.15) is 10.0 Å². The van der Waals surface area contributed by atoms with E-state index in [0.717, 1.165) is 21.7 Å². The smallest absolute Gasteiger partial charge is 0.311 e. The van der Waals surface area contributed by atoms with Crippen molar-refractivity contribution in [3.63, 3.8) is 0 Å². The van der Waals surface area contributed by atoms with Gasteiger partial charge in [0.25, 0.3) is 5.91 Å². The molecule has 0 spiro atoms. The second-order valence-corrected chi connectivity index (χ2v) is 8.04. The lowest BCUT2D eigenvalue weighted by Crippen LogP contribution is -2.28. The number of nitrogens with zero attached hydrogens (tertiary/aromatic N) is 3. The van der Waals surface area contributed by atoms with Crippen LogP contribution >= 0.6 is 11.3 Å². The Kier molecular flexibility index (Phi) is 6.96. The van der Waals surface area contributed by atoms with E-state index in [1.165, 1.54) is 30.7 Å². The molecular formula is C22H24N4O4S. The molecule has 3 rings (SSSR count). The Balaban J connectivity index is 1.81. The number of carbonyl (C=O) groups is 2. The molecule has 1 atom stereocenters. The van der Waals surface area contributed by atoms with Crippen molar-refractivity contribution in [3.8, 4) is 22.1 Å². The third-order valence-corrected chi connectivity index (χ3v) is 5.59. The number of methoxy groups -OCH3 is 1. The molecule has 8 nitrogen and oxygen atoms in total. The van der Waals surface area contributed by atoms with Crippen LogP contribution in [0.3, 0.4) is 0 Å². The Labute approximate surface area is 184 Å². The topological polar surface area (TPSA) is 103 Å². The second kappa shape index (κ2) is 9.65. The van der Waals surface area contributed by atoms with Gasteiger partial charge in [-0.25, -0.2) is 4.98 Å². The van der Waals surface area contributed by atoms with Crippen molar-refractivity contribution in [2.24, 2.45) is 0 Å². The molecule has 0 saturated heterocycles. The first-order chi connectivity index (χ1) is 14.8. The minimum atomic E-state index is -0.506. The highest BCUT2D eigenvalue weighted by Gasteiger charge is 2.24.